The average Bonchev–Trinajstić information content (AvgIpc) is 2.15. The van der Waals surface area contributed by atoms with E-state index in [2.05, 4.69) is 5.32 Å². The Labute approximate surface area is 94.8 Å². The van der Waals surface area contributed by atoms with Gasteiger partial charge in [-0.3, -0.25) is 0 Å². The molecule has 0 aromatic heterocycles. The van der Waals surface area contributed by atoms with Crippen molar-refractivity contribution in [3.63, 3.8) is 0 Å². The van der Waals surface area contributed by atoms with Gasteiger partial charge in [0, 0.05) is 6.04 Å². The summed E-state index contributed by atoms with van der Waals surface area (Å²) in [6.45, 7) is 0.926. The Balaban J connectivity index is 1.64. The van der Waals surface area contributed by atoms with Crippen LogP contribution in [0.15, 0.2) is 0 Å². The number of nitrogens with one attached hydrogen (secondary N) is 1. The molecule has 2 aliphatic rings. The summed E-state index contributed by atoms with van der Waals surface area (Å²) < 4.78 is 37.3. The van der Waals surface area contributed by atoms with Gasteiger partial charge in [-0.2, -0.15) is 13.2 Å². The zero-order valence-corrected chi connectivity index (χ0v) is 9.52. The summed E-state index contributed by atoms with van der Waals surface area (Å²) in [6, 6.07) is 0.653. The maximum Gasteiger partial charge on any atom is 0.391 e. The molecular weight excluding hydrogens is 215 g/mol. The summed E-state index contributed by atoms with van der Waals surface area (Å²) in [5.74, 6) is -0.563. The van der Waals surface area contributed by atoms with Crippen LogP contribution in [0, 0.1) is 11.8 Å². The zero-order chi connectivity index (χ0) is 11.6. The lowest BCUT2D eigenvalue weighted by Gasteiger charge is -2.33. The summed E-state index contributed by atoms with van der Waals surface area (Å²) in [5, 5.41) is 3.46. The van der Waals surface area contributed by atoms with E-state index in [9.17, 15) is 13.2 Å². The van der Waals surface area contributed by atoms with Crippen molar-refractivity contribution < 1.29 is 13.2 Å². The van der Waals surface area contributed by atoms with Gasteiger partial charge in [-0.15, -0.1) is 0 Å². The van der Waals surface area contributed by atoms with Gasteiger partial charge < -0.3 is 5.32 Å². The molecule has 94 valence electrons. The van der Waals surface area contributed by atoms with Crippen LogP contribution in [-0.2, 0) is 0 Å². The lowest BCUT2D eigenvalue weighted by atomic mass is 9.81. The second-order valence-corrected chi connectivity index (χ2v) is 5.30. The second-order valence-electron chi connectivity index (χ2n) is 5.30. The Morgan fingerprint density at radius 1 is 0.938 bits per heavy atom. The van der Waals surface area contributed by atoms with E-state index in [1.807, 2.05) is 0 Å². The minimum atomic E-state index is -3.97. The highest BCUT2D eigenvalue weighted by Crippen LogP contribution is 2.39. The molecule has 0 aromatic rings. The normalized spacial score (nSPS) is 32.4. The van der Waals surface area contributed by atoms with E-state index >= 15 is 0 Å². The molecule has 0 amide bonds. The molecule has 0 atom stereocenters. The third-order valence-electron chi connectivity index (χ3n) is 4.11. The van der Waals surface area contributed by atoms with Gasteiger partial charge in [0.25, 0.3) is 0 Å². The number of rotatable bonds is 3. The van der Waals surface area contributed by atoms with E-state index in [1.54, 1.807) is 0 Å². The fraction of sp³-hybridized carbons (Fsp3) is 1.00. The summed E-state index contributed by atoms with van der Waals surface area (Å²) in [7, 11) is 0. The smallest absolute Gasteiger partial charge is 0.314 e. The third-order valence-corrected chi connectivity index (χ3v) is 4.11. The Morgan fingerprint density at radius 2 is 1.56 bits per heavy atom. The largest absolute Gasteiger partial charge is 0.391 e. The molecule has 0 aromatic carbocycles. The average molecular weight is 235 g/mol. The lowest BCUT2D eigenvalue weighted by molar-refractivity contribution is -0.183. The van der Waals surface area contributed by atoms with E-state index in [-0.39, 0.29) is 0 Å². The fourth-order valence-electron chi connectivity index (χ4n) is 2.64. The minimum absolute atomic E-state index is 0.334. The highest BCUT2D eigenvalue weighted by Gasteiger charge is 2.41. The molecule has 2 aliphatic carbocycles. The molecule has 1 N–H and O–H groups in total. The molecule has 0 unspecified atom stereocenters. The maximum absolute atomic E-state index is 12.4. The number of halogens is 3. The van der Waals surface area contributed by atoms with Crippen molar-refractivity contribution in [1.29, 1.82) is 0 Å². The van der Waals surface area contributed by atoms with Crippen LogP contribution in [-0.4, -0.2) is 18.8 Å². The van der Waals surface area contributed by atoms with E-state index in [0.29, 0.717) is 24.8 Å². The first-order valence-electron chi connectivity index (χ1n) is 6.36. The van der Waals surface area contributed by atoms with Gasteiger partial charge in [0.1, 0.15) is 0 Å². The van der Waals surface area contributed by atoms with Gasteiger partial charge in [0.2, 0.25) is 0 Å². The summed E-state index contributed by atoms with van der Waals surface area (Å²) >= 11 is 0. The first kappa shape index (κ1) is 12.2. The van der Waals surface area contributed by atoms with Gasteiger partial charge in [-0.25, -0.2) is 0 Å². The SMILES string of the molecule is FC(F)(F)C1CCC(CNC2CCC2)CC1. The van der Waals surface area contributed by atoms with Crippen LogP contribution in [0.4, 0.5) is 13.2 Å². The quantitative estimate of drug-likeness (QED) is 0.789. The number of hydrogen-bond acceptors (Lipinski definition) is 1. The molecule has 0 spiro atoms. The van der Waals surface area contributed by atoms with Gasteiger partial charge >= 0.3 is 6.18 Å². The van der Waals surface area contributed by atoms with Crippen molar-refractivity contribution in [2.45, 2.75) is 57.2 Å². The standard InChI is InChI=1S/C12H20F3N/c13-12(14,15)10-6-4-9(5-7-10)8-16-11-2-1-3-11/h9-11,16H,1-8H2. The Kier molecular flexibility index (Phi) is 3.77. The molecule has 1 nitrogen and oxygen atoms in total. The first-order valence-corrected chi connectivity index (χ1v) is 6.36. The van der Waals surface area contributed by atoms with E-state index in [0.717, 1.165) is 19.4 Å². The lowest BCUT2D eigenvalue weighted by Crippen LogP contribution is -2.39. The van der Waals surface area contributed by atoms with Crippen LogP contribution in [0.1, 0.15) is 44.9 Å². The van der Waals surface area contributed by atoms with Gasteiger partial charge in [0.05, 0.1) is 5.92 Å². The minimum Gasteiger partial charge on any atom is -0.314 e. The Morgan fingerprint density at radius 3 is 2.00 bits per heavy atom. The summed E-state index contributed by atoms with van der Waals surface area (Å²) in [4.78, 5) is 0. The molecule has 2 fully saturated rings. The molecule has 0 radical (unpaired) electrons. The van der Waals surface area contributed by atoms with Crippen LogP contribution in [0.3, 0.4) is 0 Å². The first-order chi connectivity index (χ1) is 7.55. The maximum atomic E-state index is 12.4. The molecule has 0 bridgehead atoms. The predicted molar refractivity (Wildman–Crippen MR) is 57.1 cm³/mol. The molecule has 0 saturated heterocycles. The van der Waals surface area contributed by atoms with Gasteiger partial charge in [0.15, 0.2) is 0 Å². The van der Waals surface area contributed by atoms with Crippen molar-refractivity contribution in [3.05, 3.63) is 0 Å². The second kappa shape index (κ2) is 4.94. The molecule has 16 heavy (non-hydrogen) atoms. The highest BCUT2D eigenvalue weighted by atomic mass is 19.4. The molecule has 0 heterocycles. The van der Waals surface area contributed by atoms with Crippen molar-refractivity contribution in [1.82, 2.24) is 5.32 Å². The number of hydrogen-bond donors (Lipinski definition) is 1. The monoisotopic (exact) mass is 235 g/mol. The van der Waals surface area contributed by atoms with E-state index < -0.39 is 12.1 Å². The third kappa shape index (κ3) is 3.12. The fourth-order valence-corrected chi connectivity index (χ4v) is 2.64. The van der Waals surface area contributed by atoms with Crippen LogP contribution in [0.25, 0.3) is 0 Å². The predicted octanol–water partition coefficient (Wildman–Crippen LogP) is 3.50. The van der Waals surface area contributed by atoms with Crippen LogP contribution in [0.5, 0.6) is 0 Å². The highest BCUT2D eigenvalue weighted by molar-refractivity contribution is 4.81. The molecular formula is C12H20F3N. The van der Waals surface area contributed by atoms with Crippen molar-refractivity contribution in [3.8, 4) is 0 Å². The Hall–Kier alpha value is -0.250. The molecule has 0 aliphatic heterocycles. The summed E-state index contributed by atoms with van der Waals surface area (Å²) in [5.41, 5.74) is 0. The molecule has 2 rings (SSSR count). The van der Waals surface area contributed by atoms with Crippen molar-refractivity contribution >= 4 is 0 Å². The van der Waals surface area contributed by atoms with Crippen molar-refractivity contribution in [2.24, 2.45) is 11.8 Å². The molecule has 4 heteroatoms. The Bertz CT molecular complexity index is 215. The van der Waals surface area contributed by atoms with Gasteiger partial charge in [-0.1, -0.05) is 6.42 Å². The van der Waals surface area contributed by atoms with E-state index in [1.165, 1.54) is 19.3 Å². The molecule has 2 saturated carbocycles. The van der Waals surface area contributed by atoms with Crippen LogP contribution < -0.4 is 5.32 Å². The number of alkyl halides is 3. The topological polar surface area (TPSA) is 12.0 Å². The van der Waals surface area contributed by atoms with E-state index in [4.69, 9.17) is 0 Å². The van der Waals surface area contributed by atoms with Crippen LogP contribution >= 0.6 is 0 Å². The summed E-state index contributed by atoms with van der Waals surface area (Å²) in [6.07, 6.45) is 1.98. The van der Waals surface area contributed by atoms with Crippen molar-refractivity contribution in [2.75, 3.05) is 6.54 Å². The zero-order valence-electron chi connectivity index (χ0n) is 9.52. The van der Waals surface area contributed by atoms with Gasteiger partial charge in [-0.05, 0) is 51.0 Å². The van der Waals surface area contributed by atoms with Crippen LogP contribution in [0.2, 0.25) is 0 Å².